The number of nitrogens with zero attached hydrogens (tertiary/aromatic N) is 6. The van der Waals surface area contributed by atoms with Gasteiger partial charge in [-0.1, -0.05) is 5.16 Å². The van der Waals surface area contributed by atoms with E-state index in [4.69, 9.17) is 4.52 Å². The summed E-state index contributed by atoms with van der Waals surface area (Å²) < 4.78 is 6.85. The molecule has 3 rings (SSSR count). The van der Waals surface area contributed by atoms with Crippen LogP contribution in [0.5, 0.6) is 0 Å². The lowest BCUT2D eigenvalue weighted by molar-refractivity contribution is 0.390. The number of hydrogen-bond donors (Lipinski definition) is 0. The van der Waals surface area contributed by atoms with Gasteiger partial charge in [-0.15, -0.1) is 0 Å². The molecule has 0 bridgehead atoms. The molecule has 0 spiro atoms. The normalized spacial score (nSPS) is 11.2. The van der Waals surface area contributed by atoms with Gasteiger partial charge in [0.05, 0.1) is 6.54 Å². The van der Waals surface area contributed by atoms with Crippen LogP contribution in [0.25, 0.3) is 5.78 Å². The SMILES string of the molecule is Cc1cc(CN(C)c2c(C)c(C)nc3ncnn23)no1. The van der Waals surface area contributed by atoms with Crippen LogP contribution in [0, 0.1) is 20.8 Å². The van der Waals surface area contributed by atoms with Crippen molar-refractivity contribution >= 4 is 11.6 Å². The summed E-state index contributed by atoms with van der Waals surface area (Å²) in [6, 6.07) is 1.93. The first kappa shape index (κ1) is 12.6. The predicted octanol–water partition coefficient (Wildman–Crippen LogP) is 1.67. The summed E-state index contributed by atoms with van der Waals surface area (Å²) in [6.07, 6.45) is 1.51. The van der Waals surface area contributed by atoms with Gasteiger partial charge in [0.1, 0.15) is 23.6 Å². The van der Waals surface area contributed by atoms with Gasteiger partial charge < -0.3 is 9.42 Å². The van der Waals surface area contributed by atoms with Crippen LogP contribution in [-0.2, 0) is 6.54 Å². The molecule has 3 heterocycles. The third-order valence-electron chi connectivity index (χ3n) is 3.31. The summed E-state index contributed by atoms with van der Waals surface area (Å²) in [7, 11) is 1.99. The van der Waals surface area contributed by atoms with E-state index in [0.29, 0.717) is 12.3 Å². The van der Waals surface area contributed by atoms with Crippen LogP contribution in [0.2, 0.25) is 0 Å². The smallest absolute Gasteiger partial charge is 0.254 e. The van der Waals surface area contributed by atoms with Crippen LogP contribution >= 0.6 is 0 Å². The van der Waals surface area contributed by atoms with Gasteiger partial charge in [-0.05, 0) is 20.8 Å². The van der Waals surface area contributed by atoms with Gasteiger partial charge in [0.25, 0.3) is 5.78 Å². The first-order chi connectivity index (χ1) is 9.56. The van der Waals surface area contributed by atoms with Gasteiger partial charge in [0, 0.05) is 24.4 Å². The second-order valence-corrected chi connectivity index (χ2v) is 4.90. The van der Waals surface area contributed by atoms with E-state index < -0.39 is 0 Å². The highest BCUT2D eigenvalue weighted by Crippen LogP contribution is 2.22. The van der Waals surface area contributed by atoms with Crippen molar-refractivity contribution in [1.82, 2.24) is 24.7 Å². The van der Waals surface area contributed by atoms with Crippen LogP contribution < -0.4 is 4.90 Å². The number of fused-ring (bicyclic) bond motifs is 1. The van der Waals surface area contributed by atoms with Crippen molar-refractivity contribution in [1.29, 1.82) is 0 Å². The standard InChI is InChI=1S/C13H16N6O/c1-8-5-11(17-20-8)6-18(4)12-9(2)10(3)16-13-14-7-15-19(12)13/h5,7H,6H2,1-4H3. The Morgan fingerprint density at radius 2 is 2.10 bits per heavy atom. The molecule has 104 valence electrons. The van der Waals surface area contributed by atoms with Gasteiger partial charge in [0.2, 0.25) is 0 Å². The van der Waals surface area contributed by atoms with Gasteiger partial charge in [-0.2, -0.15) is 14.6 Å². The summed E-state index contributed by atoms with van der Waals surface area (Å²) in [4.78, 5) is 10.6. The Labute approximate surface area is 116 Å². The molecule has 0 aliphatic carbocycles. The molecule has 7 nitrogen and oxygen atoms in total. The van der Waals surface area contributed by atoms with Gasteiger partial charge in [0.15, 0.2) is 0 Å². The molecule has 0 aliphatic heterocycles. The zero-order valence-corrected chi connectivity index (χ0v) is 12.0. The number of hydrogen-bond acceptors (Lipinski definition) is 6. The quantitative estimate of drug-likeness (QED) is 0.722. The molecule has 3 aromatic rings. The lowest BCUT2D eigenvalue weighted by atomic mass is 10.2. The largest absolute Gasteiger partial charge is 0.361 e. The maximum absolute atomic E-state index is 5.10. The Hall–Kier alpha value is -2.44. The van der Waals surface area contributed by atoms with E-state index >= 15 is 0 Å². The molecule has 0 radical (unpaired) electrons. The minimum absolute atomic E-state index is 0.603. The van der Waals surface area contributed by atoms with E-state index in [1.165, 1.54) is 6.33 Å². The fraction of sp³-hybridized carbons (Fsp3) is 0.385. The molecule has 7 heteroatoms. The monoisotopic (exact) mass is 272 g/mol. The van der Waals surface area contributed by atoms with E-state index in [0.717, 1.165) is 28.5 Å². The van der Waals surface area contributed by atoms with E-state index in [2.05, 4.69) is 25.1 Å². The Balaban J connectivity index is 2.04. The van der Waals surface area contributed by atoms with Crippen LogP contribution in [0.3, 0.4) is 0 Å². The van der Waals surface area contributed by atoms with Crippen LogP contribution in [-0.4, -0.2) is 31.8 Å². The summed E-state index contributed by atoms with van der Waals surface area (Å²) in [6.45, 7) is 6.52. The first-order valence-electron chi connectivity index (χ1n) is 6.36. The highest BCUT2D eigenvalue weighted by molar-refractivity contribution is 5.53. The van der Waals surface area contributed by atoms with Crippen molar-refractivity contribution in [3.05, 3.63) is 35.1 Å². The third-order valence-corrected chi connectivity index (χ3v) is 3.31. The fourth-order valence-electron chi connectivity index (χ4n) is 2.27. The number of aromatic nitrogens is 5. The highest BCUT2D eigenvalue weighted by atomic mass is 16.5. The number of anilines is 1. The topological polar surface area (TPSA) is 72.4 Å². The number of aryl methyl sites for hydroxylation is 2. The molecule has 0 unspecified atom stereocenters. The lowest BCUT2D eigenvalue weighted by Crippen LogP contribution is -2.22. The lowest BCUT2D eigenvalue weighted by Gasteiger charge is -2.21. The maximum atomic E-state index is 5.10. The molecular weight excluding hydrogens is 256 g/mol. The van der Waals surface area contributed by atoms with Crippen molar-refractivity contribution in [3.8, 4) is 0 Å². The minimum atomic E-state index is 0.603. The number of rotatable bonds is 3. The maximum Gasteiger partial charge on any atom is 0.254 e. The van der Waals surface area contributed by atoms with E-state index in [1.807, 2.05) is 33.9 Å². The van der Waals surface area contributed by atoms with Crippen LogP contribution in [0.15, 0.2) is 16.9 Å². The summed E-state index contributed by atoms with van der Waals surface area (Å²) in [5, 5.41) is 8.27. The molecule has 0 aliphatic rings. The highest BCUT2D eigenvalue weighted by Gasteiger charge is 2.16. The molecule has 0 fully saturated rings. The average molecular weight is 272 g/mol. The van der Waals surface area contributed by atoms with Crippen molar-refractivity contribution in [3.63, 3.8) is 0 Å². The minimum Gasteiger partial charge on any atom is -0.361 e. The van der Waals surface area contributed by atoms with Gasteiger partial charge in [-0.3, -0.25) is 0 Å². The molecule has 3 aromatic heterocycles. The van der Waals surface area contributed by atoms with Gasteiger partial charge in [-0.25, -0.2) is 4.98 Å². The second-order valence-electron chi connectivity index (χ2n) is 4.90. The molecule has 0 atom stereocenters. The second kappa shape index (κ2) is 4.59. The van der Waals surface area contributed by atoms with Crippen LogP contribution in [0.1, 0.15) is 22.7 Å². The zero-order valence-electron chi connectivity index (χ0n) is 12.0. The summed E-state index contributed by atoms with van der Waals surface area (Å²) in [5.74, 6) is 2.37. The molecule has 0 N–H and O–H groups in total. The van der Waals surface area contributed by atoms with Crippen molar-refractivity contribution in [2.45, 2.75) is 27.3 Å². The Bertz CT molecular complexity index is 759. The van der Waals surface area contributed by atoms with E-state index in [-0.39, 0.29) is 0 Å². The van der Waals surface area contributed by atoms with Crippen LogP contribution in [0.4, 0.5) is 5.82 Å². The van der Waals surface area contributed by atoms with Crippen molar-refractivity contribution < 1.29 is 4.52 Å². The van der Waals surface area contributed by atoms with E-state index in [9.17, 15) is 0 Å². The molecule has 20 heavy (non-hydrogen) atoms. The fourth-order valence-corrected chi connectivity index (χ4v) is 2.27. The Kier molecular flexibility index (Phi) is 2.89. The van der Waals surface area contributed by atoms with E-state index in [1.54, 1.807) is 4.52 Å². The zero-order chi connectivity index (χ0) is 14.3. The third kappa shape index (κ3) is 2.01. The molecular formula is C13H16N6O. The Morgan fingerprint density at radius 1 is 1.30 bits per heavy atom. The summed E-state index contributed by atoms with van der Waals surface area (Å²) >= 11 is 0. The van der Waals surface area contributed by atoms with Crippen molar-refractivity contribution in [2.75, 3.05) is 11.9 Å². The Morgan fingerprint density at radius 3 is 2.80 bits per heavy atom. The molecule has 0 aromatic carbocycles. The molecule has 0 amide bonds. The van der Waals surface area contributed by atoms with Crippen molar-refractivity contribution in [2.24, 2.45) is 0 Å². The predicted molar refractivity (Wildman–Crippen MR) is 73.6 cm³/mol. The molecule has 0 saturated carbocycles. The molecule has 0 saturated heterocycles. The summed E-state index contributed by atoms with van der Waals surface area (Å²) in [5.41, 5.74) is 2.90. The van der Waals surface area contributed by atoms with Gasteiger partial charge >= 0.3 is 0 Å². The average Bonchev–Trinajstić information content (AvgIpc) is 2.99. The first-order valence-corrected chi connectivity index (χ1v) is 6.36.